The summed E-state index contributed by atoms with van der Waals surface area (Å²) in [5, 5.41) is 0.293. The summed E-state index contributed by atoms with van der Waals surface area (Å²) in [7, 11) is 0. The second-order valence-corrected chi connectivity index (χ2v) is 3.62. The van der Waals surface area contributed by atoms with Gasteiger partial charge >= 0.3 is 68.8 Å². The predicted molar refractivity (Wildman–Crippen MR) is 37.5 cm³/mol. The van der Waals surface area contributed by atoms with Crippen LogP contribution in [0, 0.1) is 5.82 Å². The molecule has 0 spiro atoms. The predicted octanol–water partition coefficient (Wildman–Crippen LogP) is 1.15. The molecule has 0 aliphatic carbocycles. The molecule has 52 valence electrons. The summed E-state index contributed by atoms with van der Waals surface area (Å²) in [5.74, 6) is -0.436. The van der Waals surface area contributed by atoms with Gasteiger partial charge in [0.2, 0.25) is 0 Å². The van der Waals surface area contributed by atoms with Crippen molar-refractivity contribution in [2.24, 2.45) is 0 Å². The van der Waals surface area contributed by atoms with Crippen LogP contribution in [-0.2, 0) is 3.74 Å². The van der Waals surface area contributed by atoms with E-state index in [2.05, 4.69) is 0 Å². The van der Waals surface area contributed by atoms with Crippen molar-refractivity contribution in [2.45, 2.75) is 0 Å². The summed E-state index contributed by atoms with van der Waals surface area (Å²) in [6, 6.07) is 3.90. The van der Waals surface area contributed by atoms with E-state index in [9.17, 15) is 8.13 Å². The molecule has 0 aromatic heterocycles. The average molecular weight is 220 g/mol. The second-order valence-electron chi connectivity index (χ2n) is 1.72. The third-order valence-corrected chi connectivity index (χ3v) is 2.15. The molecule has 0 saturated heterocycles. The van der Waals surface area contributed by atoms with Crippen LogP contribution in [-0.4, -0.2) is 15.7 Å². The first-order chi connectivity index (χ1) is 4.72. The van der Waals surface area contributed by atoms with Crippen molar-refractivity contribution in [1.82, 2.24) is 0 Å². The van der Waals surface area contributed by atoms with Crippen LogP contribution in [0.15, 0.2) is 18.2 Å². The molecule has 0 saturated carbocycles. The van der Waals surface area contributed by atoms with E-state index in [0.717, 1.165) is 0 Å². The van der Waals surface area contributed by atoms with Gasteiger partial charge in [-0.1, -0.05) is 0 Å². The van der Waals surface area contributed by atoms with E-state index in [0.29, 0.717) is 9.37 Å². The van der Waals surface area contributed by atoms with Gasteiger partial charge in [-0.25, -0.2) is 0 Å². The van der Waals surface area contributed by atoms with E-state index in [-0.39, 0.29) is 0 Å². The van der Waals surface area contributed by atoms with Gasteiger partial charge in [0, 0.05) is 0 Å². The molecule has 0 unspecified atom stereocenters. The molecule has 0 bridgehead atoms. The van der Waals surface area contributed by atoms with Gasteiger partial charge in [0.25, 0.3) is 0 Å². The van der Waals surface area contributed by atoms with Crippen LogP contribution in [0.1, 0.15) is 0 Å². The Morgan fingerprint density at radius 1 is 1.40 bits per heavy atom. The molecule has 4 heteroatoms. The van der Waals surface area contributed by atoms with Crippen LogP contribution in [0.3, 0.4) is 0 Å². The quantitative estimate of drug-likeness (QED) is 0.649. The summed E-state index contributed by atoms with van der Waals surface area (Å²) < 4.78 is 23.2. The fourth-order valence-electron chi connectivity index (χ4n) is 0.592. The Balaban J connectivity index is 3.18. The fourth-order valence-corrected chi connectivity index (χ4v) is 1.75. The normalized spacial score (nSPS) is 10.2. The van der Waals surface area contributed by atoms with Crippen molar-refractivity contribution in [1.29, 1.82) is 0 Å². The molecule has 0 fully saturated rings. The Bertz CT molecular complexity index is 244. The molecule has 1 aromatic rings. The molecule has 0 aliphatic rings. The zero-order chi connectivity index (χ0) is 7.56. The Hall–Kier alpha value is -0.202. The van der Waals surface area contributed by atoms with Crippen LogP contribution in [0.25, 0.3) is 0 Å². The number of hydrogen-bond acceptors (Lipinski definition) is 1. The molecule has 0 amide bonds. The number of benzene rings is 1. The van der Waals surface area contributed by atoms with Crippen molar-refractivity contribution in [3.63, 3.8) is 0 Å². The van der Waals surface area contributed by atoms with Gasteiger partial charge in [0.1, 0.15) is 0 Å². The van der Waals surface area contributed by atoms with E-state index < -0.39 is 21.5 Å². The molecule has 0 aliphatic heterocycles. The van der Waals surface area contributed by atoms with E-state index in [1.165, 1.54) is 18.2 Å². The monoisotopic (exact) mass is 220 g/mol. The van der Waals surface area contributed by atoms with E-state index in [1.807, 2.05) is 0 Å². The molecule has 0 atom stereocenters. The van der Waals surface area contributed by atoms with E-state index >= 15 is 0 Å². The standard InChI is InChI=1S/C6H3AsClFO/c8-5-1-4(7-10)2-6(9)3-5/h1-3H. The SMILES string of the molecule is O=[As]c1cc(F)cc(Cl)c1. The number of hydrogen-bond donors (Lipinski definition) is 0. The molecule has 0 heterocycles. The van der Waals surface area contributed by atoms with Crippen molar-refractivity contribution >= 4 is 31.6 Å². The van der Waals surface area contributed by atoms with Gasteiger partial charge in [-0.3, -0.25) is 0 Å². The molecule has 1 nitrogen and oxygen atoms in total. The molecule has 1 aromatic carbocycles. The third-order valence-electron chi connectivity index (χ3n) is 0.953. The maximum atomic E-state index is 12.4. The van der Waals surface area contributed by atoms with Gasteiger partial charge in [0.05, 0.1) is 0 Å². The first-order valence-electron chi connectivity index (χ1n) is 2.52. The number of rotatable bonds is 1. The first kappa shape index (κ1) is 7.90. The minimum atomic E-state index is -1.17. The van der Waals surface area contributed by atoms with Crippen molar-refractivity contribution in [3.05, 3.63) is 29.0 Å². The Morgan fingerprint density at radius 2 is 2.10 bits per heavy atom. The van der Waals surface area contributed by atoms with Gasteiger partial charge in [-0.05, 0) is 0 Å². The zero-order valence-corrected chi connectivity index (χ0v) is 7.48. The Kier molecular flexibility index (Phi) is 2.58. The van der Waals surface area contributed by atoms with Crippen molar-refractivity contribution < 1.29 is 8.13 Å². The molecular formula is C6H3AsClFO. The molecule has 0 radical (unpaired) electrons. The van der Waals surface area contributed by atoms with E-state index in [4.69, 9.17) is 11.6 Å². The summed E-state index contributed by atoms with van der Waals surface area (Å²) in [4.78, 5) is 0. The molecule has 10 heavy (non-hydrogen) atoms. The van der Waals surface area contributed by atoms with Gasteiger partial charge < -0.3 is 0 Å². The summed E-state index contributed by atoms with van der Waals surface area (Å²) in [5.41, 5.74) is 0. The Labute approximate surface area is 69.1 Å². The van der Waals surface area contributed by atoms with Crippen LogP contribution < -0.4 is 4.35 Å². The summed E-state index contributed by atoms with van der Waals surface area (Å²) in [6.07, 6.45) is 0. The molecule has 1 rings (SSSR count). The molecule has 0 N–H and O–H groups in total. The topological polar surface area (TPSA) is 17.1 Å². The van der Waals surface area contributed by atoms with Crippen LogP contribution in [0.5, 0.6) is 0 Å². The summed E-state index contributed by atoms with van der Waals surface area (Å²) >= 11 is 4.29. The second kappa shape index (κ2) is 3.27. The van der Waals surface area contributed by atoms with Crippen LogP contribution in [0.4, 0.5) is 4.39 Å². The van der Waals surface area contributed by atoms with Crippen LogP contribution >= 0.6 is 11.6 Å². The van der Waals surface area contributed by atoms with Crippen molar-refractivity contribution in [2.75, 3.05) is 0 Å². The number of halogens is 2. The van der Waals surface area contributed by atoms with Gasteiger partial charge in [-0.2, -0.15) is 0 Å². The summed E-state index contributed by atoms with van der Waals surface area (Å²) in [6.45, 7) is 0. The van der Waals surface area contributed by atoms with E-state index in [1.54, 1.807) is 0 Å². The molecular weight excluding hydrogens is 217 g/mol. The van der Waals surface area contributed by atoms with Crippen molar-refractivity contribution in [3.8, 4) is 0 Å². The van der Waals surface area contributed by atoms with Crippen LogP contribution in [0.2, 0.25) is 5.02 Å². The zero-order valence-electron chi connectivity index (χ0n) is 4.84. The van der Waals surface area contributed by atoms with Gasteiger partial charge in [0.15, 0.2) is 0 Å². The van der Waals surface area contributed by atoms with Gasteiger partial charge in [-0.15, -0.1) is 0 Å². The Morgan fingerprint density at radius 3 is 2.60 bits per heavy atom. The maximum absolute atomic E-state index is 12.4. The third kappa shape index (κ3) is 1.89. The first-order valence-corrected chi connectivity index (χ1v) is 4.60. The fraction of sp³-hybridized carbons (Fsp3) is 0. The minimum absolute atomic E-state index is 0.293. The average Bonchev–Trinajstić information content (AvgIpc) is 1.85.